The molecule has 0 amide bonds. The predicted octanol–water partition coefficient (Wildman–Crippen LogP) is 3.88. The van der Waals surface area contributed by atoms with E-state index in [1.54, 1.807) is 6.20 Å². The molecule has 1 aromatic heterocycles. The van der Waals surface area contributed by atoms with Crippen molar-refractivity contribution in [3.8, 4) is 0 Å². The Labute approximate surface area is 115 Å². The summed E-state index contributed by atoms with van der Waals surface area (Å²) in [7, 11) is -1.90. The number of nitrogens with zero attached hydrogens (tertiary/aromatic N) is 1. The summed E-state index contributed by atoms with van der Waals surface area (Å²) in [6, 6.07) is 15.8. The second-order valence-electron chi connectivity index (χ2n) is 4.76. The van der Waals surface area contributed by atoms with Crippen LogP contribution in [0.5, 0.6) is 0 Å². The van der Waals surface area contributed by atoms with Crippen LogP contribution >= 0.6 is 0 Å². The van der Waals surface area contributed by atoms with Crippen LogP contribution in [-0.4, -0.2) is 13.3 Å². The van der Waals surface area contributed by atoms with Crippen LogP contribution in [-0.2, 0) is 4.53 Å². The van der Waals surface area contributed by atoms with Crippen LogP contribution in [0.2, 0.25) is 13.1 Å². The monoisotopic (exact) mass is 270 g/mol. The fourth-order valence-corrected chi connectivity index (χ4v) is 2.51. The zero-order valence-corrected chi connectivity index (χ0v) is 12.2. The molecule has 0 aliphatic carbocycles. The van der Waals surface area contributed by atoms with Crippen molar-refractivity contribution in [2.75, 3.05) is 5.48 Å². The second kappa shape index (κ2) is 6.31. The standard InChI is InChI=1S/C15H18N2OSi/c1-19(2,13-11-14-8-6-7-12-16-14)18-17-15-9-4-3-5-10-15/h3-13,17H,1-2H3/b13-11+. The molecule has 2 rings (SSSR count). The highest BCUT2D eigenvalue weighted by molar-refractivity contribution is 6.76. The largest absolute Gasteiger partial charge is 0.318 e. The third-order valence-corrected chi connectivity index (χ3v) is 4.15. The van der Waals surface area contributed by atoms with E-state index in [4.69, 9.17) is 4.53 Å². The molecule has 0 spiro atoms. The van der Waals surface area contributed by atoms with Gasteiger partial charge in [-0.05, 0) is 43.4 Å². The molecular formula is C15H18N2OSi. The van der Waals surface area contributed by atoms with Crippen molar-refractivity contribution in [2.45, 2.75) is 13.1 Å². The van der Waals surface area contributed by atoms with E-state index in [1.165, 1.54) is 0 Å². The zero-order chi connectivity index (χ0) is 13.6. The van der Waals surface area contributed by atoms with E-state index in [1.807, 2.05) is 54.6 Å². The quantitative estimate of drug-likeness (QED) is 0.661. The molecule has 0 radical (unpaired) electrons. The molecule has 19 heavy (non-hydrogen) atoms. The Morgan fingerprint density at radius 3 is 2.47 bits per heavy atom. The van der Waals surface area contributed by atoms with Gasteiger partial charge >= 0.3 is 0 Å². The van der Waals surface area contributed by atoms with E-state index in [9.17, 15) is 0 Å². The molecule has 0 fully saturated rings. The van der Waals surface area contributed by atoms with Crippen molar-refractivity contribution in [3.05, 3.63) is 66.1 Å². The number of pyridine rings is 1. The summed E-state index contributed by atoms with van der Waals surface area (Å²) in [5, 5.41) is 0. The Bertz CT molecular complexity index is 526. The molecule has 1 aromatic carbocycles. The van der Waals surface area contributed by atoms with Gasteiger partial charge in [-0.15, -0.1) is 0 Å². The topological polar surface area (TPSA) is 34.1 Å². The molecule has 0 saturated carbocycles. The normalized spacial score (nSPS) is 11.7. The number of rotatable bonds is 5. The summed E-state index contributed by atoms with van der Waals surface area (Å²) in [6.45, 7) is 4.25. The van der Waals surface area contributed by atoms with E-state index in [2.05, 4.69) is 29.3 Å². The first-order valence-electron chi connectivity index (χ1n) is 6.25. The van der Waals surface area contributed by atoms with Gasteiger partial charge in [0.1, 0.15) is 0 Å². The van der Waals surface area contributed by atoms with Crippen LogP contribution in [0.15, 0.2) is 60.4 Å². The first-order valence-corrected chi connectivity index (χ1v) is 9.24. The van der Waals surface area contributed by atoms with Gasteiger partial charge in [0, 0.05) is 6.20 Å². The summed E-state index contributed by atoms with van der Waals surface area (Å²) in [5.74, 6) is 0. The molecule has 0 aliphatic heterocycles. The maximum absolute atomic E-state index is 5.81. The molecule has 0 saturated heterocycles. The van der Waals surface area contributed by atoms with Gasteiger partial charge in [0.15, 0.2) is 0 Å². The maximum Gasteiger partial charge on any atom is 0.246 e. The van der Waals surface area contributed by atoms with Gasteiger partial charge < -0.3 is 4.53 Å². The van der Waals surface area contributed by atoms with Crippen molar-refractivity contribution >= 4 is 20.1 Å². The van der Waals surface area contributed by atoms with E-state index < -0.39 is 8.32 Å². The van der Waals surface area contributed by atoms with Gasteiger partial charge in [-0.2, -0.15) is 0 Å². The minimum Gasteiger partial charge on any atom is -0.318 e. The minimum atomic E-state index is -1.90. The highest BCUT2D eigenvalue weighted by Crippen LogP contribution is 2.12. The lowest BCUT2D eigenvalue weighted by atomic mass is 10.3. The summed E-state index contributed by atoms with van der Waals surface area (Å²) in [5.41, 5.74) is 7.04. The fourth-order valence-electron chi connectivity index (χ4n) is 1.49. The molecule has 2 aromatic rings. The van der Waals surface area contributed by atoms with Gasteiger partial charge in [0.2, 0.25) is 8.32 Å². The van der Waals surface area contributed by atoms with Gasteiger partial charge in [0.25, 0.3) is 0 Å². The summed E-state index contributed by atoms with van der Waals surface area (Å²) < 4.78 is 5.81. The lowest BCUT2D eigenvalue weighted by molar-refractivity contribution is 0.405. The Hall–Kier alpha value is -1.91. The van der Waals surface area contributed by atoms with Gasteiger partial charge in [-0.1, -0.05) is 30.0 Å². The molecule has 4 heteroatoms. The number of para-hydroxylation sites is 1. The third-order valence-electron chi connectivity index (χ3n) is 2.55. The van der Waals surface area contributed by atoms with Gasteiger partial charge in [0.05, 0.1) is 11.4 Å². The maximum atomic E-state index is 5.81. The predicted molar refractivity (Wildman–Crippen MR) is 81.9 cm³/mol. The van der Waals surface area contributed by atoms with Crippen LogP contribution in [0, 0.1) is 0 Å². The van der Waals surface area contributed by atoms with Crippen LogP contribution in [0.25, 0.3) is 6.08 Å². The zero-order valence-electron chi connectivity index (χ0n) is 11.2. The number of nitrogens with one attached hydrogen (secondary N) is 1. The summed E-state index contributed by atoms with van der Waals surface area (Å²) >= 11 is 0. The number of anilines is 1. The first kappa shape index (κ1) is 13.5. The molecule has 1 N–H and O–H groups in total. The van der Waals surface area contributed by atoms with E-state index in [-0.39, 0.29) is 0 Å². The number of hydrogen-bond donors (Lipinski definition) is 1. The van der Waals surface area contributed by atoms with E-state index in [0.29, 0.717) is 0 Å². The highest BCUT2D eigenvalue weighted by Gasteiger charge is 2.19. The summed E-state index contributed by atoms with van der Waals surface area (Å²) in [4.78, 5) is 4.26. The number of benzene rings is 1. The smallest absolute Gasteiger partial charge is 0.246 e. The highest BCUT2D eigenvalue weighted by atomic mass is 28.4. The Morgan fingerprint density at radius 1 is 1.05 bits per heavy atom. The van der Waals surface area contributed by atoms with E-state index >= 15 is 0 Å². The van der Waals surface area contributed by atoms with Crippen LogP contribution in [0.3, 0.4) is 0 Å². The van der Waals surface area contributed by atoms with Crippen molar-refractivity contribution in [1.82, 2.24) is 4.98 Å². The first-order chi connectivity index (χ1) is 9.16. The van der Waals surface area contributed by atoms with Crippen molar-refractivity contribution < 1.29 is 4.53 Å². The Balaban J connectivity index is 1.93. The molecule has 0 aliphatic rings. The molecule has 3 nitrogen and oxygen atoms in total. The third kappa shape index (κ3) is 4.69. The number of hydrogen-bond acceptors (Lipinski definition) is 3. The van der Waals surface area contributed by atoms with Gasteiger partial charge in [-0.25, -0.2) is 0 Å². The van der Waals surface area contributed by atoms with Crippen LogP contribution in [0.1, 0.15) is 5.69 Å². The second-order valence-corrected chi connectivity index (χ2v) is 8.51. The SMILES string of the molecule is C[Si](C)(/C=C/c1ccccn1)ONc1ccccc1. The summed E-state index contributed by atoms with van der Waals surface area (Å²) in [6.07, 6.45) is 3.80. The Morgan fingerprint density at radius 2 is 1.79 bits per heavy atom. The molecule has 0 atom stereocenters. The fraction of sp³-hybridized carbons (Fsp3) is 0.133. The van der Waals surface area contributed by atoms with Crippen molar-refractivity contribution in [2.24, 2.45) is 0 Å². The lowest BCUT2D eigenvalue weighted by Gasteiger charge is -2.19. The van der Waals surface area contributed by atoms with Gasteiger partial charge in [-0.3, -0.25) is 10.5 Å². The molecular weight excluding hydrogens is 252 g/mol. The molecule has 98 valence electrons. The Kier molecular flexibility index (Phi) is 4.49. The van der Waals surface area contributed by atoms with Crippen molar-refractivity contribution in [1.29, 1.82) is 0 Å². The van der Waals surface area contributed by atoms with E-state index in [0.717, 1.165) is 11.4 Å². The van der Waals surface area contributed by atoms with Crippen LogP contribution < -0.4 is 5.48 Å². The van der Waals surface area contributed by atoms with Crippen LogP contribution in [0.4, 0.5) is 5.69 Å². The van der Waals surface area contributed by atoms with Crippen molar-refractivity contribution in [3.63, 3.8) is 0 Å². The average molecular weight is 270 g/mol. The molecule has 1 heterocycles. The molecule has 0 bridgehead atoms. The number of aromatic nitrogens is 1. The average Bonchev–Trinajstić information content (AvgIpc) is 2.46. The lowest BCUT2D eigenvalue weighted by Crippen LogP contribution is -2.30. The minimum absolute atomic E-state index is 0.950. The molecule has 0 unspecified atom stereocenters.